The van der Waals surface area contributed by atoms with E-state index >= 15 is 0 Å². The maximum atomic E-state index is 3.00. The molecule has 6 heavy (non-hydrogen) atoms. The van der Waals surface area contributed by atoms with Crippen molar-refractivity contribution < 1.29 is 0 Å². The molecule has 1 atom stereocenters. The van der Waals surface area contributed by atoms with Gasteiger partial charge in [-0.15, -0.1) is 13.2 Å². The van der Waals surface area contributed by atoms with Gasteiger partial charge in [-0.1, -0.05) is 6.92 Å². The number of rotatable bonds is 0. The van der Waals surface area contributed by atoms with E-state index in [0.29, 0.717) is 0 Å². The zero-order valence-electron chi connectivity index (χ0n) is 4.11. The van der Waals surface area contributed by atoms with E-state index in [1.54, 1.807) is 0 Å². The van der Waals surface area contributed by atoms with Gasteiger partial charge < -0.3 is 0 Å². The van der Waals surface area contributed by atoms with Crippen LogP contribution in [0.15, 0.2) is 13.2 Å². The molecule has 36 valence electrons. The normalized spacial score (nSPS) is 27.2. The molecule has 1 rings (SSSR count). The van der Waals surface area contributed by atoms with Crippen LogP contribution in [0, 0.1) is 0 Å². The Morgan fingerprint density at radius 3 is 1.83 bits per heavy atom. The highest BCUT2D eigenvalue weighted by Crippen LogP contribution is 2.28. The molecule has 0 radical (unpaired) electrons. The Balaban J connectivity index is 0.000000112. The molecule has 0 spiro atoms. The third kappa shape index (κ3) is 4.09. The average molecular weight is 102 g/mol. The molecule has 0 nitrogen and oxygen atoms in total. The third-order valence-electron chi connectivity index (χ3n) is 0.500. The standard InChI is InChI=1S/C3H6S.C2H4/c1-3-2-4-3;1-2/h3H,2H2,1H3;1-2H2. The minimum absolute atomic E-state index is 1.000. The van der Waals surface area contributed by atoms with Crippen molar-refractivity contribution in [3.05, 3.63) is 13.2 Å². The molecule has 0 N–H and O–H groups in total. The molecular formula is C5H10S. The Kier molecular flexibility index (Phi) is 3.34. The Labute approximate surface area is 43.6 Å². The van der Waals surface area contributed by atoms with Crippen molar-refractivity contribution in [2.24, 2.45) is 0 Å². The first-order chi connectivity index (χ1) is 2.89. The Bertz CT molecular complexity index is 30.9. The molecule has 0 amide bonds. The van der Waals surface area contributed by atoms with Gasteiger partial charge in [0.2, 0.25) is 0 Å². The minimum atomic E-state index is 1.000. The van der Waals surface area contributed by atoms with Gasteiger partial charge >= 0.3 is 0 Å². The molecule has 0 aromatic rings. The van der Waals surface area contributed by atoms with E-state index in [1.165, 1.54) is 5.75 Å². The maximum Gasteiger partial charge on any atom is 0.0110 e. The van der Waals surface area contributed by atoms with Crippen molar-refractivity contribution in [1.82, 2.24) is 0 Å². The Morgan fingerprint density at radius 2 is 1.83 bits per heavy atom. The third-order valence-corrected chi connectivity index (χ3v) is 1.50. The molecule has 0 saturated carbocycles. The SMILES string of the molecule is C=C.CC1CS1. The topological polar surface area (TPSA) is 0 Å². The molecule has 0 aliphatic carbocycles. The molecule has 1 aliphatic rings. The van der Waals surface area contributed by atoms with Crippen LogP contribution in [-0.2, 0) is 0 Å². The first-order valence-corrected chi connectivity index (χ1v) is 3.06. The van der Waals surface area contributed by atoms with Crippen LogP contribution in [0.5, 0.6) is 0 Å². The second kappa shape index (κ2) is 3.29. The number of hydrogen-bond donors (Lipinski definition) is 0. The molecule has 1 aliphatic heterocycles. The van der Waals surface area contributed by atoms with Gasteiger partial charge in [0.05, 0.1) is 0 Å². The van der Waals surface area contributed by atoms with Crippen molar-refractivity contribution in [2.45, 2.75) is 12.2 Å². The molecule has 1 unspecified atom stereocenters. The van der Waals surface area contributed by atoms with Gasteiger partial charge in [-0.3, -0.25) is 0 Å². The summed E-state index contributed by atoms with van der Waals surface area (Å²) in [4.78, 5) is 0. The number of thioether (sulfide) groups is 1. The van der Waals surface area contributed by atoms with E-state index in [1.807, 2.05) is 11.8 Å². The van der Waals surface area contributed by atoms with E-state index in [4.69, 9.17) is 0 Å². The lowest BCUT2D eigenvalue weighted by Crippen LogP contribution is -1.57. The van der Waals surface area contributed by atoms with Crippen LogP contribution < -0.4 is 0 Å². The smallest absolute Gasteiger partial charge is 0.0110 e. The molecular weight excluding hydrogens is 92.1 g/mol. The number of hydrogen-bond acceptors (Lipinski definition) is 1. The van der Waals surface area contributed by atoms with Crippen LogP contribution in [0.2, 0.25) is 0 Å². The predicted molar refractivity (Wildman–Crippen MR) is 33.2 cm³/mol. The second-order valence-corrected chi connectivity index (χ2v) is 2.62. The van der Waals surface area contributed by atoms with E-state index < -0.39 is 0 Å². The van der Waals surface area contributed by atoms with Gasteiger partial charge in [0.25, 0.3) is 0 Å². The largest absolute Gasteiger partial charge is 0.157 e. The second-order valence-electron chi connectivity index (χ2n) is 1.14. The van der Waals surface area contributed by atoms with Gasteiger partial charge in [0, 0.05) is 11.0 Å². The predicted octanol–water partition coefficient (Wildman–Crippen LogP) is 1.92. The Hall–Kier alpha value is 0.0900. The van der Waals surface area contributed by atoms with Crippen molar-refractivity contribution in [3.63, 3.8) is 0 Å². The van der Waals surface area contributed by atoms with Crippen LogP contribution in [0.1, 0.15) is 6.92 Å². The van der Waals surface area contributed by atoms with Gasteiger partial charge in [0.1, 0.15) is 0 Å². The summed E-state index contributed by atoms with van der Waals surface area (Å²) in [7, 11) is 0. The minimum Gasteiger partial charge on any atom is -0.157 e. The summed E-state index contributed by atoms with van der Waals surface area (Å²) in [5.41, 5.74) is 0. The highest BCUT2D eigenvalue weighted by atomic mass is 32.2. The summed E-state index contributed by atoms with van der Waals surface area (Å²) in [6.45, 7) is 8.24. The first kappa shape index (κ1) is 6.09. The fraction of sp³-hybridized carbons (Fsp3) is 0.600. The maximum absolute atomic E-state index is 3.00. The zero-order valence-corrected chi connectivity index (χ0v) is 4.92. The average Bonchev–Trinajstić information content (AvgIpc) is 2.30. The monoisotopic (exact) mass is 102 g/mol. The van der Waals surface area contributed by atoms with Crippen molar-refractivity contribution in [1.29, 1.82) is 0 Å². The molecule has 1 saturated heterocycles. The van der Waals surface area contributed by atoms with Crippen molar-refractivity contribution in [2.75, 3.05) is 5.75 Å². The van der Waals surface area contributed by atoms with Crippen LogP contribution in [-0.4, -0.2) is 11.0 Å². The molecule has 1 fully saturated rings. The fourth-order valence-electron chi connectivity index (χ4n) is 0.0962. The van der Waals surface area contributed by atoms with Gasteiger partial charge in [-0.05, 0) is 0 Å². The molecule has 1 heterocycles. The summed E-state index contributed by atoms with van der Waals surface area (Å²) in [5.74, 6) is 1.40. The van der Waals surface area contributed by atoms with Crippen LogP contribution >= 0.6 is 11.8 Å². The molecule has 0 aromatic heterocycles. The van der Waals surface area contributed by atoms with E-state index in [-0.39, 0.29) is 0 Å². The highest BCUT2D eigenvalue weighted by Gasteiger charge is 2.13. The fourth-order valence-corrected chi connectivity index (χ4v) is 0.289. The summed E-state index contributed by atoms with van der Waals surface area (Å²) in [5, 5.41) is 1.000. The highest BCUT2D eigenvalue weighted by molar-refractivity contribution is 8.06. The van der Waals surface area contributed by atoms with Crippen LogP contribution in [0.25, 0.3) is 0 Å². The van der Waals surface area contributed by atoms with E-state index in [2.05, 4.69) is 20.1 Å². The molecule has 0 bridgehead atoms. The molecule has 1 heteroatoms. The zero-order chi connectivity index (χ0) is 4.99. The summed E-state index contributed by atoms with van der Waals surface area (Å²) in [6.07, 6.45) is 0. The summed E-state index contributed by atoms with van der Waals surface area (Å²) < 4.78 is 0. The Morgan fingerprint density at radius 1 is 1.67 bits per heavy atom. The van der Waals surface area contributed by atoms with Crippen LogP contribution in [0.3, 0.4) is 0 Å². The lowest BCUT2D eigenvalue weighted by Gasteiger charge is -1.50. The van der Waals surface area contributed by atoms with E-state index in [0.717, 1.165) is 5.25 Å². The van der Waals surface area contributed by atoms with Gasteiger partial charge in [-0.25, -0.2) is 0 Å². The van der Waals surface area contributed by atoms with Gasteiger partial charge in [-0.2, -0.15) is 11.8 Å². The van der Waals surface area contributed by atoms with Crippen LogP contribution in [0.4, 0.5) is 0 Å². The van der Waals surface area contributed by atoms with Crippen molar-refractivity contribution >= 4 is 11.8 Å². The van der Waals surface area contributed by atoms with E-state index in [9.17, 15) is 0 Å². The van der Waals surface area contributed by atoms with Gasteiger partial charge in [0.15, 0.2) is 0 Å². The lowest BCUT2D eigenvalue weighted by atomic mass is 10.6. The first-order valence-electron chi connectivity index (χ1n) is 2.01. The van der Waals surface area contributed by atoms with Crippen molar-refractivity contribution in [3.8, 4) is 0 Å². The molecule has 0 aromatic carbocycles. The quantitative estimate of drug-likeness (QED) is 0.332. The summed E-state index contributed by atoms with van der Waals surface area (Å²) in [6, 6.07) is 0. The summed E-state index contributed by atoms with van der Waals surface area (Å²) >= 11 is 2.02. The lowest BCUT2D eigenvalue weighted by molar-refractivity contribution is 1.25.